The Morgan fingerprint density at radius 1 is 1.32 bits per heavy atom. The van der Waals surface area contributed by atoms with Gasteiger partial charge in [0.15, 0.2) is 6.29 Å². The van der Waals surface area contributed by atoms with E-state index >= 15 is 0 Å². The SMILES string of the molecule is O=CCOc1ccc(N[C@H]2CCC(=O)NC2=O)cc1. The number of hydrogen-bond acceptors (Lipinski definition) is 5. The Morgan fingerprint density at radius 3 is 2.68 bits per heavy atom. The molecule has 1 aromatic carbocycles. The van der Waals surface area contributed by atoms with Crippen LogP contribution in [0.15, 0.2) is 24.3 Å². The lowest BCUT2D eigenvalue weighted by molar-refractivity contribution is -0.133. The van der Waals surface area contributed by atoms with E-state index in [0.717, 1.165) is 5.69 Å². The number of imide groups is 1. The van der Waals surface area contributed by atoms with Gasteiger partial charge in [0.1, 0.15) is 18.4 Å². The molecule has 100 valence electrons. The van der Waals surface area contributed by atoms with Crippen molar-refractivity contribution in [2.45, 2.75) is 18.9 Å². The summed E-state index contributed by atoms with van der Waals surface area (Å²) < 4.78 is 5.12. The van der Waals surface area contributed by atoms with Gasteiger partial charge >= 0.3 is 0 Å². The van der Waals surface area contributed by atoms with Crippen LogP contribution in [0.5, 0.6) is 5.75 Å². The van der Waals surface area contributed by atoms with E-state index in [1.54, 1.807) is 24.3 Å². The summed E-state index contributed by atoms with van der Waals surface area (Å²) in [6, 6.07) is 6.52. The lowest BCUT2D eigenvalue weighted by Gasteiger charge is -2.22. The fourth-order valence-corrected chi connectivity index (χ4v) is 1.81. The number of carbonyl (C=O) groups is 3. The minimum Gasteiger partial charge on any atom is -0.486 e. The lowest BCUT2D eigenvalue weighted by atomic mass is 10.1. The number of piperidine rings is 1. The van der Waals surface area contributed by atoms with E-state index in [1.807, 2.05) is 0 Å². The average Bonchev–Trinajstić information content (AvgIpc) is 2.41. The molecule has 1 atom stereocenters. The Hall–Kier alpha value is -2.37. The van der Waals surface area contributed by atoms with Gasteiger partial charge in [-0.2, -0.15) is 0 Å². The third kappa shape index (κ3) is 3.54. The van der Waals surface area contributed by atoms with Crippen LogP contribution >= 0.6 is 0 Å². The first-order valence-electron chi connectivity index (χ1n) is 5.96. The zero-order chi connectivity index (χ0) is 13.7. The average molecular weight is 262 g/mol. The second-order valence-corrected chi connectivity index (χ2v) is 4.15. The lowest BCUT2D eigenvalue weighted by Crippen LogP contribution is -2.47. The highest BCUT2D eigenvalue weighted by molar-refractivity contribution is 6.01. The van der Waals surface area contributed by atoms with Crippen LogP contribution in [-0.4, -0.2) is 30.7 Å². The van der Waals surface area contributed by atoms with E-state index in [-0.39, 0.29) is 18.4 Å². The van der Waals surface area contributed by atoms with Crippen molar-refractivity contribution in [1.82, 2.24) is 5.32 Å². The molecule has 1 aromatic rings. The molecule has 0 bridgehead atoms. The molecule has 0 radical (unpaired) electrons. The molecule has 6 heteroatoms. The van der Waals surface area contributed by atoms with Gasteiger partial charge in [-0.3, -0.25) is 19.7 Å². The van der Waals surface area contributed by atoms with Gasteiger partial charge in [0.2, 0.25) is 11.8 Å². The Morgan fingerprint density at radius 2 is 2.05 bits per heavy atom. The van der Waals surface area contributed by atoms with Gasteiger partial charge in [0.05, 0.1) is 0 Å². The number of nitrogens with one attached hydrogen (secondary N) is 2. The maximum absolute atomic E-state index is 11.6. The van der Waals surface area contributed by atoms with Crippen LogP contribution in [0.25, 0.3) is 0 Å². The first kappa shape index (κ1) is 13.1. The number of hydrogen-bond donors (Lipinski definition) is 2. The van der Waals surface area contributed by atoms with Crippen LogP contribution in [0.1, 0.15) is 12.8 Å². The molecule has 1 aliphatic rings. The molecule has 0 spiro atoms. The number of aldehydes is 1. The van der Waals surface area contributed by atoms with E-state index < -0.39 is 6.04 Å². The normalized spacial score (nSPS) is 18.6. The Balaban J connectivity index is 1.93. The van der Waals surface area contributed by atoms with Gasteiger partial charge in [-0.25, -0.2) is 0 Å². The summed E-state index contributed by atoms with van der Waals surface area (Å²) in [5, 5.41) is 5.33. The standard InChI is InChI=1S/C13H14N2O4/c16-7-8-19-10-3-1-9(2-4-10)14-11-5-6-12(17)15-13(11)18/h1-4,7,11,14H,5-6,8H2,(H,15,17,18)/t11-/m0/s1. The van der Waals surface area contributed by atoms with E-state index in [4.69, 9.17) is 4.74 Å². The second kappa shape index (κ2) is 5.99. The molecule has 1 aliphatic heterocycles. The molecule has 2 N–H and O–H groups in total. The molecular formula is C13H14N2O4. The molecular weight excluding hydrogens is 248 g/mol. The summed E-state index contributed by atoms with van der Waals surface area (Å²) in [7, 11) is 0. The molecule has 19 heavy (non-hydrogen) atoms. The van der Waals surface area contributed by atoms with Gasteiger partial charge in [-0.1, -0.05) is 0 Å². The van der Waals surface area contributed by atoms with Crippen molar-refractivity contribution in [3.05, 3.63) is 24.3 Å². The first-order valence-corrected chi connectivity index (χ1v) is 5.96. The molecule has 0 aliphatic carbocycles. The highest BCUT2D eigenvalue weighted by atomic mass is 16.5. The molecule has 0 saturated carbocycles. The third-order valence-electron chi connectivity index (χ3n) is 2.75. The van der Waals surface area contributed by atoms with Crippen molar-refractivity contribution in [1.29, 1.82) is 0 Å². The Bertz CT molecular complexity index is 484. The molecule has 0 unspecified atom stereocenters. The molecule has 1 saturated heterocycles. The van der Waals surface area contributed by atoms with E-state index in [2.05, 4.69) is 10.6 Å². The topological polar surface area (TPSA) is 84.5 Å². The summed E-state index contributed by atoms with van der Waals surface area (Å²) in [5.74, 6) is 0.0408. The molecule has 2 amide bonds. The molecule has 0 aromatic heterocycles. The van der Waals surface area contributed by atoms with E-state index in [1.165, 1.54) is 0 Å². The van der Waals surface area contributed by atoms with Gasteiger partial charge in [0, 0.05) is 12.1 Å². The molecule has 1 heterocycles. The molecule has 1 fully saturated rings. The maximum Gasteiger partial charge on any atom is 0.249 e. The first-order chi connectivity index (χ1) is 9.19. The quantitative estimate of drug-likeness (QED) is 0.595. The predicted octanol–water partition coefficient (Wildman–Crippen LogP) is 0.481. The van der Waals surface area contributed by atoms with Gasteiger partial charge in [0.25, 0.3) is 0 Å². The Labute approximate surface area is 110 Å². The van der Waals surface area contributed by atoms with Gasteiger partial charge in [-0.15, -0.1) is 0 Å². The molecule has 6 nitrogen and oxygen atoms in total. The monoisotopic (exact) mass is 262 g/mol. The summed E-state index contributed by atoms with van der Waals surface area (Å²) in [5.41, 5.74) is 0.757. The number of carbonyl (C=O) groups excluding carboxylic acids is 3. The number of rotatable bonds is 5. The smallest absolute Gasteiger partial charge is 0.249 e. The summed E-state index contributed by atoms with van der Waals surface area (Å²) in [4.78, 5) is 32.7. The maximum atomic E-state index is 11.6. The van der Waals surface area contributed by atoms with Crippen molar-refractivity contribution < 1.29 is 19.1 Å². The highest BCUT2D eigenvalue weighted by Gasteiger charge is 2.26. The van der Waals surface area contributed by atoms with Gasteiger partial charge < -0.3 is 10.1 Å². The Kier molecular flexibility index (Phi) is 4.12. The molecule has 2 rings (SSSR count). The number of anilines is 1. The number of ether oxygens (including phenoxy) is 1. The van der Waals surface area contributed by atoms with Crippen molar-refractivity contribution in [2.75, 3.05) is 11.9 Å². The highest BCUT2D eigenvalue weighted by Crippen LogP contribution is 2.18. The fourth-order valence-electron chi connectivity index (χ4n) is 1.81. The summed E-state index contributed by atoms with van der Waals surface area (Å²) in [6.45, 7) is 0.0138. The second-order valence-electron chi connectivity index (χ2n) is 4.15. The summed E-state index contributed by atoms with van der Waals surface area (Å²) >= 11 is 0. The third-order valence-corrected chi connectivity index (χ3v) is 2.75. The van der Waals surface area contributed by atoms with Crippen LogP contribution < -0.4 is 15.4 Å². The van der Waals surface area contributed by atoms with Crippen molar-refractivity contribution in [3.63, 3.8) is 0 Å². The van der Waals surface area contributed by atoms with Crippen LogP contribution in [0.3, 0.4) is 0 Å². The van der Waals surface area contributed by atoms with Crippen molar-refractivity contribution in [2.24, 2.45) is 0 Å². The number of amides is 2. The summed E-state index contributed by atoms with van der Waals surface area (Å²) in [6.07, 6.45) is 1.49. The minimum atomic E-state index is -0.403. The fraction of sp³-hybridized carbons (Fsp3) is 0.308. The van der Waals surface area contributed by atoms with Crippen molar-refractivity contribution in [3.8, 4) is 5.75 Å². The predicted molar refractivity (Wildman–Crippen MR) is 67.8 cm³/mol. The largest absolute Gasteiger partial charge is 0.486 e. The van der Waals surface area contributed by atoms with Crippen molar-refractivity contribution >= 4 is 23.8 Å². The van der Waals surface area contributed by atoms with E-state index in [0.29, 0.717) is 24.9 Å². The van der Waals surface area contributed by atoms with Crippen LogP contribution in [0, 0.1) is 0 Å². The van der Waals surface area contributed by atoms with E-state index in [9.17, 15) is 14.4 Å². The zero-order valence-electron chi connectivity index (χ0n) is 10.2. The van der Waals surface area contributed by atoms with Crippen LogP contribution in [0.2, 0.25) is 0 Å². The number of benzene rings is 1. The van der Waals surface area contributed by atoms with Crippen LogP contribution in [0.4, 0.5) is 5.69 Å². The zero-order valence-corrected chi connectivity index (χ0v) is 10.2. The minimum absolute atomic E-state index is 0.0138. The van der Waals surface area contributed by atoms with Crippen LogP contribution in [-0.2, 0) is 14.4 Å². The van der Waals surface area contributed by atoms with Gasteiger partial charge in [-0.05, 0) is 30.7 Å².